The van der Waals surface area contributed by atoms with E-state index in [1.54, 1.807) is 12.4 Å². The summed E-state index contributed by atoms with van der Waals surface area (Å²) in [5.74, 6) is -0.0933. The Labute approximate surface area is 220 Å². The first-order chi connectivity index (χ1) is 18.4. The third-order valence-electron chi connectivity index (χ3n) is 6.93. The molecule has 0 spiro atoms. The molecule has 1 amide bonds. The van der Waals surface area contributed by atoms with Crippen molar-refractivity contribution in [1.82, 2.24) is 34.9 Å². The topological polar surface area (TPSA) is 109 Å². The minimum Gasteiger partial charge on any atom is -0.368 e. The predicted molar refractivity (Wildman–Crippen MR) is 151 cm³/mol. The van der Waals surface area contributed by atoms with Gasteiger partial charge >= 0.3 is 0 Å². The van der Waals surface area contributed by atoms with Crippen molar-refractivity contribution in [2.45, 2.75) is 0 Å². The SMILES string of the molecule is CN(C)CC(=O)Nc1cncc(-c2ccc3[nH]nc(-c4cc5c(N6CCN(C)CC6)cccc5[nH]4)c3n2)c1. The van der Waals surface area contributed by atoms with E-state index in [0.717, 1.165) is 65.4 Å². The van der Waals surface area contributed by atoms with Gasteiger partial charge in [-0.3, -0.25) is 14.9 Å². The Kier molecular flexibility index (Phi) is 6.26. The van der Waals surface area contributed by atoms with Gasteiger partial charge in [0.15, 0.2) is 0 Å². The van der Waals surface area contributed by atoms with E-state index >= 15 is 0 Å². The highest BCUT2D eigenvalue weighted by Gasteiger charge is 2.19. The molecule has 5 heterocycles. The number of anilines is 2. The van der Waals surface area contributed by atoms with Crippen molar-refractivity contribution in [3.05, 3.63) is 54.9 Å². The number of amides is 1. The minimum absolute atomic E-state index is 0.0933. The lowest BCUT2D eigenvalue weighted by Gasteiger charge is -2.34. The molecule has 0 aliphatic carbocycles. The van der Waals surface area contributed by atoms with Crippen LogP contribution in [-0.2, 0) is 4.79 Å². The summed E-state index contributed by atoms with van der Waals surface area (Å²) in [5, 5.41) is 11.8. The number of pyridine rings is 2. The first-order valence-electron chi connectivity index (χ1n) is 12.8. The van der Waals surface area contributed by atoms with Crippen LogP contribution in [0, 0.1) is 0 Å². The van der Waals surface area contributed by atoms with Gasteiger partial charge in [0.05, 0.1) is 35.3 Å². The molecule has 0 unspecified atom stereocenters. The summed E-state index contributed by atoms with van der Waals surface area (Å²) in [7, 11) is 5.89. The first kappa shape index (κ1) is 24.1. The van der Waals surface area contributed by atoms with Crippen LogP contribution >= 0.6 is 0 Å². The van der Waals surface area contributed by atoms with Gasteiger partial charge in [-0.25, -0.2) is 4.98 Å². The summed E-state index contributed by atoms with van der Waals surface area (Å²) < 4.78 is 0. The third-order valence-corrected chi connectivity index (χ3v) is 6.93. The number of H-pyrrole nitrogens is 2. The van der Waals surface area contributed by atoms with Crippen molar-refractivity contribution in [1.29, 1.82) is 0 Å². The Morgan fingerprint density at radius 2 is 1.89 bits per heavy atom. The molecular weight excluding hydrogens is 478 g/mol. The van der Waals surface area contributed by atoms with Gasteiger partial charge in [-0.1, -0.05) is 6.07 Å². The molecule has 1 aliphatic heterocycles. The number of hydrogen-bond acceptors (Lipinski definition) is 7. The Bertz CT molecular complexity index is 1610. The molecule has 0 radical (unpaired) electrons. The molecule has 0 saturated carbocycles. The molecule has 3 N–H and O–H groups in total. The lowest BCUT2D eigenvalue weighted by atomic mass is 10.1. The zero-order chi connectivity index (χ0) is 26.2. The van der Waals surface area contributed by atoms with Gasteiger partial charge in [-0.15, -0.1) is 0 Å². The van der Waals surface area contributed by atoms with Crippen molar-refractivity contribution < 1.29 is 4.79 Å². The number of fused-ring (bicyclic) bond motifs is 2. The first-order valence-corrected chi connectivity index (χ1v) is 12.8. The average molecular weight is 510 g/mol. The number of hydrogen-bond donors (Lipinski definition) is 3. The Hall–Kier alpha value is -4.28. The second-order valence-electron chi connectivity index (χ2n) is 10.1. The standard InChI is InChI=1S/C28H31N9O/c1-35(2)17-26(38)30-19-13-18(15-29-16-19)21-7-8-23-27(32-21)28(34-33-23)24-14-20-22(31-24)5-4-6-25(20)37-11-9-36(3)10-12-37/h4-8,13-16,31H,9-12,17H2,1-3H3,(H,30,38)(H,33,34). The van der Waals surface area contributed by atoms with Gasteiger partial charge < -0.3 is 25.0 Å². The van der Waals surface area contributed by atoms with Gasteiger partial charge in [0.2, 0.25) is 5.91 Å². The molecule has 4 aromatic heterocycles. The van der Waals surface area contributed by atoms with Crippen LogP contribution in [0.5, 0.6) is 0 Å². The highest BCUT2D eigenvalue weighted by Crippen LogP contribution is 2.34. The minimum atomic E-state index is -0.0933. The molecule has 10 nitrogen and oxygen atoms in total. The number of aromatic amines is 2. The van der Waals surface area contributed by atoms with Gasteiger partial charge in [0.25, 0.3) is 0 Å². The van der Waals surface area contributed by atoms with Gasteiger partial charge in [0, 0.05) is 54.5 Å². The fourth-order valence-corrected chi connectivity index (χ4v) is 4.97. The molecule has 5 aromatic rings. The van der Waals surface area contributed by atoms with E-state index in [1.807, 2.05) is 37.2 Å². The number of carbonyl (C=O) groups is 1. The van der Waals surface area contributed by atoms with Crippen LogP contribution in [0.1, 0.15) is 0 Å². The van der Waals surface area contributed by atoms with Crippen LogP contribution in [0.25, 0.3) is 44.6 Å². The van der Waals surface area contributed by atoms with Crippen LogP contribution in [0.2, 0.25) is 0 Å². The molecule has 1 aliphatic rings. The van der Waals surface area contributed by atoms with Gasteiger partial charge in [-0.2, -0.15) is 5.10 Å². The quantitative estimate of drug-likeness (QED) is 0.322. The second kappa shape index (κ2) is 9.88. The molecule has 1 fully saturated rings. The Morgan fingerprint density at radius 1 is 1.05 bits per heavy atom. The summed E-state index contributed by atoms with van der Waals surface area (Å²) in [6.07, 6.45) is 3.39. The number of rotatable bonds is 6. The van der Waals surface area contributed by atoms with Crippen LogP contribution in [-0.4, -0.2) is 94.7 Å². The van der Waals surface area contributed by atoms with Crippen LogP contribution in [0.4, 0.5) is 11.4 Å². The largest absolute Gasteiger partial charge is 0.368 e. The van der Waals surface area contributed by atoms with Crippen LogP contribution < -0.4 is 10.2 Å². The summed E-state index contributed by atoms with van der Waals surface area (Å²) >= 11 is 0. The second-order valence-corrected chi connectivity index (χ2v) is 10.1. The highest BCUT2D eigenvalue weighted by atomic mass is 16.2. The predicted octanol–water partition coefficient (Wildman–Crippen LogP) is 3.42. The highest BCUT2D eigenvalue weighted by molar-refractivity contribution is 5.99. The molecule has 6 rings (SSSR count). The fraction of sp³-hybridized carbons (Fsp3) is 0.286. The van der Waals surface area contributed by atoms with E-state index in [0.29, 0.717) is 12.2 Å². The summed E-state index contributed by atoms with van der Waals surface area (Å²) in [5.41, 5.74) is 7.84. The molecule has 10 heteroatoms. The van der Waals surface area contributed by atoms with Crippen molar-refractivity contribution in [3.63, 3.8) is 0 Å². The number of aromatic nitrogens is 5. The van der Waals surface area contributed by atoms with Crippen molar-refractivity contribution in [3.8, 4) is 22.6 Å². The van der Waals surface area contributed by atoms with Crippen molar-refractivity contribution in [2.24, 2.45) is 0 Å². The maximum Gasteiger partial charge on any atom is 0.238 e. The molecular formula is C28H31N9O. The zero-order valence-electron chi connectivity index (χ0n) is 21.8. The van der Waals surface area contributed by atoms with E-state index in [4.69, 9.17) is 4.98 Å². The van der Waals surface area contributed by atoms with Gasteiger partial charge in [-0.05, 0) is 57.5 Å². The smallest absolute Gasteiger partial charge is 0.238 e. The maximum atomic E-state index is 12.2. The number of likely N-dealkylation sites (N-methyl/N-ethyl adjacent to an activating group) is 2. The average Bonchev–Trinajstić information content (AvgIpc) is 3.52. The van der Waals surface area contributed by atoms with E-state index in [9.17, 15) is 4.79 Å². The van der Waals surface area contributed by atoms with Gasteiger partial charge in [0.1, 0.15) is 11.2 Å². The maximum absolute atomic E-state index is 12.2. The molecule has 0 atom stereocenters. The fourth-order valence-electron chi connectivity index (χ4n) is 4.97. The number of nitrogens with one attached hydrogen (secondary N) is 3. The lowest BCUT2D eigenvalue weighted by molar-refractivity contribution is -0.116. The zero-order valence-corrected chi connectivity index (χ0v) is 21.8. The lowest BCUT2D eigenvalue weighted by Crippen LogP contribution is -2.44. The van der Waals surface area contributed by atoms with E-state index in [2.05, 4.69) is 66.6 Å². The Morgan fingerprint density at radius 3 is 2.71 bits per heavy atom. The monoisotopic (exact) mass is 509 g/mol. The van der Waals surface area contributed by atoms with Crippen LogP contribution in [0.3, 0.4) is 0 Å². The summed E-state index contributed by atoms with van der Waals surface area (Å²) in [4.78, 5) is 31.7. The molecule has 38 heavy (non-hydrogen) atoms. The molecule has 194 valence electrons. The number of nitrogens with zero attached hydrogens (tertiary/aromatic N) is 6. The third kappa shape index (κ3) is 4.71. The van der Waals surface area contributed by atoms with E-state index in [1.165, 1.54) is 11.1 Å². The van der Waals surface area contributed by atoms with E-state index in [-0.39, 0.29) is 5.91 Å². The van der Waals surface area contributed by atoms with Crippen molar-refractivity contribution >= 4 is 39.2 Å². The molecule has 0 bridgehead atoms. The summed E-state index contributed by atoms with van der Waals surface area (Å²) in [6, 6.07) is 14.4. The Balaban J connectivity index is 1.34. The normalized spacial score (nSPS) is 14.6. The number of carbonyl (C=O) groups excluding carboxylic acids is 1. The molecule has 1 saturated heterocycles. The number of piperazine rings is 1. The summed E-state index contributed by atoms with van der Waals surface area (Å²) in [6.45, 7) is 4.43. The number of benzene rings is 1. The molecule has 1 aromatic carbocycles. The van der Waals surface area contributed by atoms with Crippen molar-refractivity contribution in [2.75, 3.05) is 64.1 Å². The van der Waals surface area contributed by atoms with Crippen LogP contribution in [0.15, 0.2) is 54.9 Å². The van der Waals surface area contributed by atoms with E-state index < -0.39 is 0 Å².